The molecule has 2 atom stereocenters. The van der Waals surface area contributed by atoms with Crippen molar-refractivity contribution in [3.05, 3.63) is 48.2 Å². The lowest BCUT2D eigenvalue weighted by molar-refractivity contribution is -0.125. The van der Waals surface area contributed by atoms with Crippen LogP contribution in [0.5, 0.6) is 17.4 Å². The maximum Gasteiger partial charge on any atom is 0.224 e. The molecule has 0 saturated heterocycles. The molecule has 1 heterocycles. The van der Waals surface area contributed by atoms with Crippen molar-refractivity contribution in [3.8, 4) is 17.4 Å². The van der Waals surface area contributed by atoms with Gasteiger partial charge in [0.15, 0.2) is 0 Å². The Labute approximate surface area is 142 Å². The van der Waals surface area contributed by atoms with E-state index >= 15 is 0 Å². The number of nitrogens with zero attached hydrogens (tertiary/aromatic N) is 1. The van der Waals surface area contributed by atoms with Crippen LogP contribution in [0.2, 0.25) is 0 Å². The zero-order valence-electron chi connectivity index (χ0n) is 14.2. The number of pyridine rings is 1. The van der Waals surface area contributed by atoms with Gasteiger partial charge in [-0.3, -0.25) is 4.79 Å². The second-order valence-electron chi connectivity index (χ2n) is 5.61. The molecule has 6 heteroatoms. The number of hydrogen-bond donors (Lipinski definition) is 2. The van der Waals surface area contributed by atoms with Gasteiger partial charge in [0.05, 0.1) is 7.11 Å². The molecule has 0 radical (unpaired) electrons. The number of aromatic nitrogens is 1. The molecule has 24 heavy (non-hydrogen) atoms. The van der Waals surface area contributed by atoms with Crippen LogP contribution in [0.15, 0.2) is 42.6 Å². The average Bonchev–Trinajstić information content (AvgIpc) is 2.60. The minimum atomic E-state index is -0.260. The number of amides is 1. The lowest BCUT2D eigenvalue weighted by atomic mass is 10.0. The van der Waals surface area contributed by atoms with E-state index in [1.807, 2.05) is 31.2 Å². The van der Waals surface area contributed by atoms with Gasteiger partial charge in [0.2, 0.25) is 11.8 Å². The number of carbonyl (C=O) groups is 1. The fraction of sp³-hybridized carbons (Fsp3) is 0.333. The topological polar surface area (TPSA) is 86.5 Å². The molecule has 0 aliphatic carbocycles. The third kappa shape index (κ3) is 4.70. The van der Waals surface area contributed by atoms with Gasteiger partial charge in [0.25, 0.3) is 0 Å². The Hall–Kier alpha value is -2.60. The van der Waals surface area contributed by atoms with Crippen LogP contribution < -0.4 is 20.5 Å². The third-order valence-corrected chi connectivity index (χ3v) is 3.76. The van der Waals surface area contributed by atoms with Crippen molar-refractivity contribution in [1.29, 1.82) is 0 Å². The molecule has 0 spiro atoms. The van der Waals surface area contributed by atoms with Gasteiger partial charge in [-0.15, -0.1) is 0 Å². The van der Waals surface area contributed by atoms with Gasteiger partial charge in [-0.1, -0.05) is 19.1 Å². The summed E-state index contributed by atoms with van der Waals surface area (Å²) in [7, 11) is 1.60. The second-order valence-corrected chi connectivity index (χ2v) is 5.61. The van der Waals surface area contributed by atoms with E-state index in [-0.39, 0.29) is 17.9 Å². The molecule has 1 aromatic heterocycles. The molecule has 0 aliphatic rings. The van der Waals surface area contributed by atoms with E-state index in [0.717, 1.165) is 5.56 Å². The monoisotopic (exact) mass is 329 g/mol. The maximum atomic E-state index is 12.0. The molecule has 128 valence electrons. The summed E-state index contributed by atoms with van der Waals surface area (Å²) in [6.45, 7) is 3.94. The molecule has 3 N–H and O–H groups in total. The molecule has 0 fully saturated rings. The van der Waals surface area contributed by atoms with E-state index in [1.54, 1.807) is 32.4 Å². The highest BCUT2D eigenvalue weighted by Crippen LogP contribution is 2.26. The predicted octanol–water partition coefficient (Wildman–Crippen LogP) is 2.48. The first kappa shape index (κ1) is 17.7. The van der Waals surface area contributed by atoms with Gasteiger partial charge in [-0.2, -0.15) is 0 Å². The van der Waals surface area contributed by atoms with Crippen LogP contribution in [0.3, 0.4) is 0 Å². The Balaban J connectivity index is 2.08. The Morgan fingerprint density at radius 3 is 2.71 bits per heavy atom. The van der Waals surface area contributed by atoms with Gasteiger partial charge in [-0.25, -0.2) is 4.98 Å². The lowest BCUT2D eigenvalue weighted by Gasteiger charge is -2.16. The number of hydrogen-bond acceptors (Lipinski definition) is 5. The Morgan fingerprint density at radius 2 is 2.00 bits per heavy atom. The summed E-state index contributed by atoms with van der Waals surface area (Å²) < 4.78 is 11.0. The zero-order valence-corrected chi connectivity index (χ0v) is 14.2. The average molecular weight is 329 g/mol. The first-order chi connectivity index (χ1) is 11.5. The normalized spacial score (nSPS) is 13.0. The largest absolute Gasteiger partial charge is 0.497 e. The third-order valence-electron chi connectivity index (χ3n) is 3.76. The Bertz CT molecular complexity index is 689. The first-order valence-electron chi connectivity index (χ1n) is 7.80. The van der Waals surface area contributed by atoms with Gasteiger partial charge in [-0.05, 0) is 25.1 Å². The van der Waals surface area contributed by atoms with Crippen LogP contribution in [0.1, 0.15) is 19.4 Å². The fourth-order valence-corrected chi connectivity index (χ4v) is 2.01. The summed E-state index contributed by atoms with van der Waals surface area (Å²) in [6.07, 6.45) is 1.64. The first-order valence-corrected chi connectivity index (χ1v) is 7.80. The number of carbonyl (C=O) groups excluding carboxylic acids is 1. The minimum Gasteiger partial charge on any atom is -0.497 e. The van der Waals surface area contributed by atoms with E-state index in [9.17, 15) is 4.79 Å². The number of nitrogens with one attached hydrogen (secondary N) is 1. The van der Waals surface area contributed by atoms with Gasteiger partial charge in [0, 0.05) is 36.3 Å². The summed E-state index contributed by atoms with van der Waals surface area (Å²) >= 11 is 0. The summed E-state index contributed by atoms with van der Waals surface area (Å²) in [5.41, 5.74) is 6.54. The highest BCUT2D eigenvalue weighted by molar-refractivity contribution is 5.78. The summed E-state index contributed by atoms with van der Waals surface area (Å²) in [5, 5.41) is 2.87. The SMILES string of the molecule is COc1cccc(Oc2ncccc2CNC(=O)C(C)C(C)N)c1. The molecule has 0 aliphatic heterocycles. The molecule has 1 amide bonds. The van der Waals surface area contributed by atoms with Crippen molar-refractivity contribution < 1.29 is 14.3 Å². The number of benzene rings is 1. The van der Waals surface area contributed by atoms with Crippen LogP contribution in [0.4, 0.5) is 0 Å². The molecule has 0 bridgehead atoms. The Morgan fingerprint density at radius 1 is 1.25 bits per heavy atom. The number of nitrogens with two attached hydrogens (primary N) is 1. The summed E-state index contributed by atoms with van der Waals surface area (Å²) in [4.78, 5) is 16.3. The van der Waals surface area contributed by atoms with Gasteiger partial charge >= 0.3 is 0 Å². The maximum absolute atomic E-state index is 12.0. The van der Waals surface area contributed by atoms with Crippen LogP contribution in [-0.2, 0) is 11.3 Å². The van der Waals surface area contributed by atoms with E-state index in [1.165, 1.54) is 0 Å². The molecule has 6 nitrogen and oxygen atoms in total. The highest BCUT2D eigenvalue weighted by atomic mass is 16.5. The number of ether oxygens (including phenoxy) is 2. The minimum absolute atomic E-state index is 0.0961. The molecule has 1 aromatic carbocycles. The Kier molecular flexibility index (Phi) is 6.14. The number of methoxy groups -OCH3 is 1. The zero-order chi connectivity index (χ0) is 17.5. The predicted molar refractivity (Wildman–Crippen MR) is 92.0 cm³/mol. The molecule has 2 unspecified atom stereocenters. The van der Waals surface area contributed by atoms with Crippen molar-refractivity contribution >= 4 is 5.91 Å². The fourth-order valence-electron chi connectivity index (χ4n) is 2.01. The number of rotatable bonds is 7. The van der Waals surface area contributed by atoms with Crippen molar-refractivity contribution in [2.24, 2.45) is 11.7 Å². The van der Waals surface area contributed by atoms with Crippen molar-refractivity contribution in [2.75, 3.05) is 7.11 Å². The van der Waals surface area contributed by atoms with E-state index in [0.29, 0.717) is 23.9 Å². The highest BCUT2D eigenvalue weighted by Gasteiger charge is 2.17. The van der Waals surface area contributed by atoms with Crippen molar-refractivity contribution in [2.45, 2.75) is 26.4 Å². The summed E-state index contributed by atoms with van der Waals surface area (Å²) in [5.74, 6) is 1.40. The van der Waals surface area contributed by atoms with Crippen LogP contribution in [0.25, 0.3) is 0 Å². The molecular weight excluding hydrogens is 306 g/mol. The van der Waals surface area contributed by atoms with Crippen molar-refractivity contribution in [1.82, 2.24) is 10.3 Å². The van der Waals surface area contributed by atoms with Gasteiger partial charge in [0.1, 0.15) is 11.5 Å². The van der Waals surface area contributed by atoms with Crippen molar-refractivity contribution in [3.63, 3.8) is 0 Å². The second kappa shape index (κ2) is 8.31. The van der Waals surface area contributed by atoms with Crippen LogP contribution in [0, 0.1) is 5.92 Å². The quantitative estimate of drug-likeness (QED) is 0.815. The van der Waals surface area contributed by atoms with E-state index < -0.39 is 0 Å². The van der Waals surface area contributed by atoms with Gasteiger partial charge < -0.3 is 20.5 Å². The summed E-state index contributed by atoms with van der Waals surface area (Å²) in [6, 6.07) is 10.7. The van der Waals surface area contributed by atoms with E-state index in [2.05, 4.69) is 10.3 Å². The van der Waals surface area contributed by atoms with E-state index in [4.69, 9.17) is 15.2 Å². The smallest absolute Gasteiger partial charge is 0.224 e. The lowest BCUT2D eigenvalue weighted by Crippen LogP contribution is -2.38. The molecular formula is C18H23N3O3. The molecule has 0 saturated carbocycles. The van der Waals surface area contributed by atoms with Crippen LogP contribution >= 0.6 is 0 Å². The molecule has 2 aromatic rings. The standard InChI is InChI=1S/C18H23N3O3/c1-12(13(2)19)17(22)21-11-14-6-5-9-20-18(14)24-16-8-4-7-15(10-16)23-3/h4-10,12-13H,11,19H2,1-3H3,(H,21,22). The van der Waals surface area contributed by atoms with Crippen LogP contribution in [-0.4, -0.2) is 24.0 Å². The molecule has 2 rings (SSSR count).